The SMILES string of the molecule is C=CCC(OC1C2CC3CC(C2)CC1C3)c1ccc2ccccc2c1. The lowest BCUT2D eigenvalue weighted by Crippen LogP contribution is -2.49. The van der Waals surface area contributed by atoms with E-state index < -0.39 is 0 Å². The van der Waals surface area contributed by atoms with Crippen molar-refractivity contribution in [3.05, 3.63) is 60.7 Å². The summed E-state index contributed by atoms with van der Waals surface area (Å²) in [6, 6.07) is 15.4. The fraction of sp³-hybridized carbons (Fsp3) is 0.500. The number of rotatable bonds is 5. The van der Waals surface area contributed by atoms with Gasteiger partial charge in [-0.25, -0.2) is 0 Å². The quantitative estimate of drug-likeness (QED) is 0.584. The highest BCUT2D eigenvalue weighted by molar-refractivity contribution is 5.83. The molecule has 4 fully saturated rings. The molecule has 0 N–H and O–H groups in total. The summed E-state index contributed by atoms with van der Waals surface area (Å²) >= 11 is 0. The van der Waals surface area contributed by atoms with Gasteiger partial charge in [-0.1, -0.05) is 42.5 Å². The van der Waals surface area contributed by atoms with E-state index in [9.17, 15) is 0 Å². The van der Waals surface area contributed by atoms with Gasteiger partial charge in [-0.05, 0) is 84.6 Å². The topological polar surface area (TPSA) is 9.23 Å². The van der Waals surface area contributed by atoms with Crippen LogP contribution in [-0.2, 0) is 4.74 Å². The smallest absolute Gasteiger partial charge is 0.0863 e. The molecule has 1 atom stereocenters. The standard InChI is InChI=1S/C24H28O/c1-2-5-23(20-9-8-18-6-3-4-7-19(18)15-20)25-24-21-11-16-10-17(13-21)14-22(24)12-16/h2-4,6-9,15-17,21-24H,1,5,10-14H2. The molecule has 0 spiro atoms. The van der Waals surface area contributed by atoms with E-state index in [1.54, 1.807) is 0 Å². The molecule has 0 amide bonds. The third-order valence-corrected chi connectivity index (χ3v) is 6.99. The van der Waals surface area contributed by atoms with Gasteiger partial charge < -0.3 is 4.74 Å². The van der Waals surface area contributed by atoms with Crippen LogP contribution < -0.4 is 0 Å². The first-order chi connectivity index (χ1) is 12.3. The van der Waals surface area contributed by atoms with Gasteiger partial charge in [0.25, 0.3) is 0 Å². The maximum atomic E-state index is 6.83. The van der Waals surface area contributed by atoms with Crippen molar-refractivity contribution in [2.24, 2.45) is 23.7 Å². The van der Waals surface area contributed by atoms with Gasteiger partial charge in [0.05, 0.1) is 12.2 Å². The number of hydrogen-bond acceptors (Lipinski definition) is 1. The van der Waals surface area contributed by atoms with E-state index in [2.05, 4.69) is 49.0 Å². The summed E-state index contributed by atoms with van der Waals surface area (Å²) in [6.45, 7) is 3.99. The minimum Gasteiger partial charge on any atom is -0.369 e. The third-order valence-electron chi connectivity index (χ3n) is 6.99. The Morgan fingerprint density at radius 3 is 2.28 bits per heavy atom. The fourth-order valence-electron chi connectivity index (χ4n) is 6.12. The van der Waals surface area contributed by atoms with Crippen molar-refractivity contribution < 1.29 is 4.74 Å². The highest BCUT2D eigenvalue weighted by Crippen LogP contribution is 2.55. The molecule has 0 aromatic heterocycles. The molecule has 1 heteroatoms. The molecule has 6 rings (SSSR count). The van der Waals surface area contributed by atoms with Crippen molar-refractivity contribution in [1.82, 2.24) is 0 Å². The summed E-state index contributed by atoms with van der Waals surface area (Å²) in [5, 5.41) is 2.61. The first kappa shape index (κ1) is 15.6. The van der Waals surface area contributed by atoms with Gasteiger partial charge in [0.15, 0.2) is 0 Å². The summed E-state index contributed by atoms with van der Waals surface area (Å²) in [5.74, 6) is 3.62. The largest absolute Gasteiger partial charge is 0.369 e. The van der Waals surface area contributed by atoms with Crippen LogP contribution in [0, 0.1) is 23.7 Å². The molecule has 4 bridgehead atoms. The molecular formula is C24H28O. The predicted molar refractivity (Wildman–Crippen MR) is 103 cm³/mol. The van der Waals surface area contributed by atoms with E-state index >= 15 is 0 Å². The first-order valence-electron chi connectivity index (χ1n) is 10.0. The first-order valence-corrected chi connectivity index (χ1v) is 10.0. The molecule has 0 heterocycles. The maximum absolute atomic E-state index is 6.83. The molecule has 2 aromatic rings. The summed E-state index contributed by atoms with van der Waals surface area (Å²) in [7, 11) is 0. The number of benzene rings is 2. The third kappa shape index (κ3) is 2.83. The molecule has 130 valence electrons. The number of hydrogen-bond donors (Lipinski definition) is 0. The van der Waals surface area contributed by atoms with Crippen molar-refractivity contribution in [1.29, 1.82) is 0 Å². The Morgan fingerprint density at radius 2 is 1.60 bits per heavy atom. The molecule has 4 aliphatic carbocycles. The zero-order valence-corrected chi connectivity index (χ0v) is 14.9. The Bertz CT molecular complexity index is 749. The molecule has 0 aliphatic heterocycles. The molecule has 25 heavy (non-hydrogen) atoms. The van der Waals surface area contributed by atoms with Crippen LogP contribution in [0.2, 0.25) is 0 Å². The van der Waals surface area contributed by atoms with Crippen molar-refractivity contribution >= 4 is 10.8 Å². The van der Waals surface area contributed by atoms with Crippen LogP contribution in [0.3, 0.4) is 0 Å². The van der Waals surface area contributed by atoms with Crippen LogP contribution in [-0.4, -0.2) is 6.10 Å². The van der Waals surface area contributed by atoms with Gasteiger partial charge in [-0.15, -0.1) is 6.58 Å². The van der Waals surface area contributed by atoms with Gasteiger partial charge in [0, 0.05) is 0 Å². The summed E-state index contributed by atoms with van der Waals surface area (Å²) in [4.78, 5) is 0. The van der Waals surface area contributed by atoms with E-state index in [1.165, 1.54) is 48.4 Å². The Morgan fingerprint density at radius 1 is 0.920 bits per heavy atom. The lowest BCUT2D eigenvalue weighted by Gasteiger charge is -2.54. The second-order valence-electron chi connectivity index (χ2n) is 8.65. The molecule has 2 aromatic carbocycles. The van der Waals surface area contributed by atoms with Gasteiger partial charge in [0.2, 0.25) is 0 Å². The van der Waals surface area contributed by atoms with E-state index in [4.69, 9.17) is 4.74 Å². The molecule has 4 aliphatic rings. The Hall–Kier alpha value is -1.60. The lowest BCUT2D eigenvalue weighted by atomic mass is 9.55. The second kappa shape index (κ2) is 6.29. The Labute approximate surface area is 151 Å². The van der Waals surface area contributed by atoms with Crippen molar-refractivity contribution in [2.45, 2.75) is 50.7 Å². The zero-order valence-electron chi connectivity index (χ0n) is 14.9. The number of ether oxygens (including phenoxy) is 1. The fourth-order valence-corrected chi connectivity index (χ4v) is 6.12. The zero-order chi connectivity index (χ0) is 16.8. The Balaban J connectivity index is 1.41. The molecule has 0 radical (unpaired) electrons. The molecule has 4 saturated carbocycles. The van der Waals surface area contributed by atoms with Crippen LogP contribution >= 0.6 is 0 Å². The van der Waals surface area contributed by atoms with Crippen LogP contribution in [0.5, 0.6) is 0 Å². The average molecular weight is 332 g/mol. The van der Waals surface area contributed by atoms with Crippen LogP contribution in [0.4, 0.5) is 0 Å². The van der Waals surface area contributed by atoms with Gasteiger partial charge >= 0.3 is 0 Å². The maximum Gasteiger partial charge on any atom is 0.0863 e. The van der Waals surface area contributed by atoms with Gasteiger partial charge in [0.1, 0.15) is 0 Å². The lowest BCUT2D eigenvalue weighted by molar-refractivity contribution is -0.151. The van der Waals surface area contributed by atoms with E-state index in [0.717, 1.165) is 30.1 Å². The van der Waals surface area contributed by atoms with Gasteiger partial charge in [-0.2, -0.15) is 0 Å². The predicted octanol–water partition coefficient (Wildman–Crippen LogP) is 6.30. The summed E-state index contributed by atoms with van der Waals surface area (Å²) in [6.07, 6.45) is 10.7. The van der Waals surface area contributed by atoms with E-state index in [-0.39, 0.29) is 6.10 Å². The Kier molecular flexibility index (Phi) is 3.93. The molecule has 1 nitrogen and oxygen atoms in total. The van der Waals surface area contributed by atoms with E-state index in [0.29, 0.717) is 6.10 Å². The van der Waals surface area contributed by atoms with Crippen LogP contribution in [0.15, 0.2) is 55.1 Å². The molecule has 0 saturated heterocycles. The van der Waals surface area contributed by atoms with Crippen LogP contribution in [0.25, 0.3) is 10.8 Å². The van der Waals surface area contributed by atoms with Crippen molar-refractivity contribution in [2.75, 3.05) is 0 Å². The highest BCUT2D eigenvalue weighted by atomic mass is 16.5. The average Bonchev–Trinajstić information content (AvgIpc) is 2.63. The van der Waals surface area contributed by atoms with Crippen molar-refractivity contribution in [3.8, 4) is 0 Å². The summed E-state index contributed by atoms with van der Waals surface area (Å²) in [5.41, 5.74) is 1.31. The molecule has 1 unspecified atom stereocenters. The second-order valence-corrected chi connectivity index (χ2v) is 8.65. The van der Waals surface area contributed by atoms with Gasteiger partial charge in [-0.3, -0.25) is 0 Å². The molecular weight excluding hydrogens is 304 g/mol. The van der Waals surface area contributed by atoms with Crippen LogP contribution in [0.1, 0.15) is 50.2 Å². The normalized spacial score (nSPS) is 34.3. The monoisotopic (exact) mass is 332 g/mol. The minimum absolute atomic E-state index is 0.157. The number of fused-ring (bicyclic) bond motifs is 1. The highest BCUT2D eigenvalue weighted by Gasteiger charge is 2.49. The minimum atomic E-state index is 0.157. The van der Waals surface area contributed by atoms with E-state index in [1.807, 2.05) is 6.08 Å². The summed E-state index contributed by atoms with van der Waals surface area (Å²) < 4.78 is 6.83. The van der Waals surface area contributed by atoms with Crippen molar-refractivity contribution in [3.63, 3.8) is 0 Å².